The maximum atomic E-state index is 5.54. The standard InChI is InChI=1S/C42H49N7/c1-26-12-14-31-28(20-26)16-18-47-33(22-40(3,4)5)37(45-35(31)47)49(30-24-43-39(44-25-30)42(9,10)11)38-34(23-41(6,7)8)48-19-17-29-21-27(2)13-15-32(29)36(48)46-38/h12-21,24-25H,22-23H2,1-11H3. The van der Waals surface area contributed by atoms with E-state index in [1.807, 2.05) is 12.4 Å². The van der Waals surface area contributed by atoms with Crippen LogP contribution >= 0.6 is 0 Å². The van der Waals surface area contributed by atoms with Gasteiger partial charge < -0.3 is 8.80 Å². The molecule has 0 aliphatic rings. The number of pyridine rings is 2. The van der Waals surface area contributed by atoms with Gasteiger partial charge in [-0.1, -0.05) is 110 Å². The predicted molar refractivity (Wildman–Crippen MR) is 204 cm³/mol. The fourth-order valence-electron chi connectivity index (χ4n) is 6.83. The van der Waals surface area contributed by atoms with Crippen LogP contribution in [0.25, 0.3) is 32.8 Å². The number of aryl methyl sites for hydroxylation is 2. The maximum absolute atomic E-state index is 5.54. The fraction of sp³-hybridized carbons (Fsp3) is 0.381. The Morgan fingerprint density at radius 2 is 1.02 bits per heavy atom. The van der Waals surface area contributed by atoms with Gasteiger partial charge in [0, 0.05) is 28.6 Å². The number of aromatic nitrogens is 6. The minimum absolute atomic E-state index is 0.00752. The van der Waals surface area contributed by atoms with Gasteiger partial charge in [0.15, 0.2) is 11.6 Å². The zero-order valence-corrected chi connectivity index (χ0v) is 31.0. The van der Waals surface area contributed by atoms with Gasteiger partial charge in [-0.05, 0) is 60.4 Å². The summed E-state index contributed by atoms with van der Waals surface area (Å²) in [5.41, 5.74) is 7.23. The van der Waals surface area contributed by atoms with Crippen LogP contribution in [0.15, 0.2) is 73.3 Å². The van der Waals surface area contributed by atoms with Gasteiger partial charge >= 0.3 is 0 Å². The number of benzene rings is 2. The number of hydrogen-bond acceptors (Lipinski definition) is 5. The minimum Gasteiger partial charge on any atom is -0.301 e. The van der Waals surface area contributed by atoms with Gasteiger partial charge in [0.2, 0.25) is 0 Å². The summed E-state index contributed by atoms with van der Waals surface area (Å²) in [6.07, 6.45) is 9.88. The van der Waals surface area contributed by atoms with Crippen LogP contribution in [0.5, 0.6) is 0 Å². The van der Waals surface area contributed by atoms with Crippen LogP contribution in [0.1, 0.15) is 90.7 Å². The van der Waals surface area contributed by atoms with E-state index in [1.54, 1.807) is 0 Å². The number of rotatable bonds is 5. The Kier molecular flexibility index (Phi) is 7.62. The molecule has 7 heteroatoms. The second-order valence-electron chi connectivity index (χ2n) is 17.3. The van der Waals surface area contributed by atoms with E-state index in [9.17, 15) is 0 Å². The lowest BCUT2D eigenvalue weighted by atomic mass is 9.89. The van der Waals surface area contributed by atoms with E-state index in [4.69, 9.17) is 19.9 Å². The van der Waals surface area contributed by atoms with E-state index in [1.165, 1.54) is 21.9 Å². The normalized spacial score (nSPS) is 13.0. The van der Waals surface area contributed by atoms with Crippen molar-refractivity contribution in [2.45, 2.75) is 94.4 Å². The Labute approximate surface area is 290 Å². The first kappa shape index (κ1) is 32.8. The van der Waals surface area contributed by atoms with Gasteiger partial charge in [0.1, 0.15) is 17.1 Å². The van der Waals surface area contributed by atoms with Gasteiger partial charge in [-0.25, -0.2) is 19.9 Å². The van der Waals surface area contributed by atoms with Crippen LogP contribution in [-0.2, 0) is 18.3 Å². The van der Waals surface area contributed by atoms with Crippen LogP contribution in [0.2, 0.25) is 0 Å². The van der Waals surface area contributed by atoms with E-state index in [0.29, 0.717) is 0 Å². The molecule has 2 aromatic carbocycles. The van der Waals surface area contributed by atoms with Crippen molar-refractivity contribution >= 4 is 50.2 Å². The summed E-state index contributed by atoms with van der Waals surface area (Å²) < 4.78 is 4.57. The molecular weight excluding hydrogens is 603 g/mol. The smallest absolute Gasteiger partial charge is 0.161 e. The fourth-order valence-corrected chi connectivity index (χ4v) is 6.83. The highest BCUT2D eigenvalue weighted by molar-refractivity contribution is 5.97. The van der Waals surface area contributed by atoms with Crippen LogP contribution in [0.3, 0.4) is 0 Å². The molecule has 7 aromatic rings. The monoisotopic (exact) mass is 651 g/mol. The largest absolute Gasteiger partial charge is 0.301 e. The third kappa shape index (κ3) is 6.16. The molecule has 0 amide bonds. The summed E-state index contributed by atoms with van der Waals surface area (Å²) in [6.45, 7) is 24.4. The van der Waals surface area contributed by atoms with Crippen molar-refractivity contribution < 1.29 is 0 Å². The van der Waals surface area contributed by atoms with Gasteiger partial charge in [0.25, 0.3) is 0 Å². The molecule has 7 nitrogen and oxygen atoms in total. The molecule has 252 valence electrons. The Bertz CT molecular complexity index is 2210. The van der Waals surface area contributed by atoms with Crippen molar-refractivity contribution in [1.82, 2.24) is 28.7 Å². The highest BCUT2D eigenvalue weighted by atomic mass is 15.3. The topological polar surface area (TPSA) is 63.6 Å². The Morgan fingerprint density at radius 3 is 1.41 bits per heavy atom. The number of imidazole rings is 2. The van der Waals surface area contributed by atoms with Crippen molar-refractivity contribution in [2.24, 2.45) is 10.8 Å². The van der Waals surface area contributed by atoms with E-state index in [2.05, 4.69) is 151 Å². The Hall–Kier alpha value is -4.78. The molecular formula is C42H49N7. The average Bonchev–Trinajstić information content (AvgIpc) is 3.53. The lowest BCUT2D eigenvalue weighted by molar-refractivity contribution is 0.405. The third-order valence-electron chi connectivity index (χ3n) is 9.07. The van der Waals surface area contributed by atoms with Crippen LogP contribution < -0.4 is 4.90 Å². The summed E-state index contributed by atoms with van der Waals surface area (Å²) >= 11 is 0. The van der Waals surface area contributed by atoms with Gasteiger partial charge in [-0.3, -0.25) is 4.90 Å². The molecule has 5 heterocycles. The van der Waals surface area contributed by atoms with E-state index >= 15 is 0 Å². The van der Waals surface area contributed by atoms with Crippen molar-refractivity contribution in [3.8, 4) is 0 Å². The zero-order chi connectivity index (χ0) is 35.0. The van der Waals surface area contributed by atoms with Crippen molar-refractivity contribution in [2.75, 3.05) is 4.90 Å². The molecule has 0 atom stereocenters. The third-order valence-corrected chi connectivity index (χ3v) is 9.07. The number of hydrogen-bond donors (Lipinski definition) is 0. The molecule has 0 saturated heterocycles. The molecule has 0 fully saturated rings. The number of nitrogens with zero attached hydrogens (tertiary/aromatic N) is 7. The van der Waals surface area contributed by atoms with Gasteiger partial charge in [-0.2, -0.15) is 0 Å². The SMILES string of the molecule is Cc1ccc2c(ccn3c(CC(C)(C)C)c(N(c4cnc(C(C)(C)C)nc4)c4nc5c6ccc(C)cc6ccn5c4CC(C)(C)C)nc23)c1. The quantitative estimate of drug-likeness (QED) is 0.185. The molecule has 0 unspecified atom stereocenters. The van der Waals surface area contributed by atoms with Crippen LogP contribution in [-0.4, -0.2) is 28.7 Å². The highest BCUT2D eigenvalue weighted by Gasteiger charge is 2.32. The van der Waals surface area contributed by atoms with Crippen LogP contribution in [0, 0.1) is 24.7 Å². The average molecular weight is 652 g/mol. The Morgan fingerprint density at radius 1 is 0.592 bits per heavy atom. The van der Waals surface area contributed by atoms with Gasteiger partial charge in [-0.15, -0.1) is 0 Å². The summed E-state index contributed by atoms with van der Waals surface area (Å²) in [4.78, 5) is 23.2. The number of anilines is 3. The van der Waals surface area contributed by atoms with Crippen molar-refractivity contribution in [3.63, 3.8) is 0 Å². The summed E-state index contributed by atoms with van der Waals surface area (Å²) in [7, 11) is 0. The second-order valence-corrected chi connectivity index (χ2v) is 17.3. The van der Waals surface area contributed by atoms with E-state index in [-0.39, 0.29) is 16.2 Å². The molecule has 7 rings (SSSR count). The molecule has 0 bridgehead atoms. The Balaban J connectivity index is 1.60. The second kappa shape index (κ2) is 11.4. The molecule has 5 aromatic heterocycles. The van der Waals surface area contributed by atoms with E-state index < -0.39 is 0 Å². The van der Waals surface area contributed by atoms with Gasteiger partial charge in [0.05, 0.1) is 29.5 Å². The van der Waals surface area contributed by atoms with Crippen LogP contribution in [0.4, 0.5) is 17.3 Å². The highest BCUT2D eigenvalue weighted by Crippen LogP contribution is 2.43. The maximum Gasteiger partial charge on any atom is 0.161 e. The lowest BCUT2D eigenvalue weighted by Gasteiger charge is -2.27. The minimum atomic E-state index is -0.182. The zero-order valence-electron chi connectivity index (χ0n) is 31.0. The molecule has 0 N–H and O–H groups in total. The molecule has 49 heavy (non-hydrogen) atoms. The summed E-state index contributed by atoms with van der Waals surface area (Å²) in [5, 5.41) is 4.61. The first-order valence-electron chi connectivity index (χ1n) is 17.4. The molecule has 0 saturated carbocycles. The summed E-state index contributed by atoms with van der Waals surface area (Å²) in [6, 6.07) is 17.6. The van der Waals surface area contributed by atoms with Crippen molar-refractivity contribution in [1.29, 1.82) is 0 Å². The molecule has 0 radical (unpaired) electrons. The predicted octanol–water partition coefficient (Wildman–Crippen LogP) is 10.6. The first-order chi connectivity index (χ1) is 23.0. The molecule has 0 spiro atoms. The van der Waals surface area contributed by atoms with E-state index in [0.717, 1.165) is 69.4 Å². The summed E-state index contributed by atoms with van der Waals surface area (Å²) in [5.74, 6) is 2.51. The van der Waals surface area contributed by atoms with Crippen molar-refractivity contribution in [3.05, 3.63) is 102 Å². The lowest BCUT2D eigenvalue weighted by Crippen LogP contribution is -2.21. The number of fused-ring (bicyclic) bond motifs is 6. The molecule has 0 aliphatic carbocycles. The molecule has 0 aliphatic heterocycles. The first-order valence-corrected chi connectivity index (χ1v) is 17.4.